The van der Waals surface area contributed by atoms with Crippen molar-refractivity contribution in [3.8, 4) is 0 Å². The van der Waals surface area contributed by atoms with E-state index in [1.807, 2.05) is 0 Å². The molecule has 0 aromatic heterocycles. The van der Waals surface area contributed by atoms with Crippen molar-refractivity contribution in [2.45, 2.75) is 27.2 Å². The van der Waals surface area contributed by atoms with Gasteiger partial charge in [0.25, 0.3) is 0 Å². The van der Waals surface area contributed by atoms with Crippen LogP contribution in [0.1, 0.15) is 25.0 Å². The molecule has 1 aromatic rings. The predicted octanol–water partition coefficient (Wildman–Crippen LogP) is 3.28. The standard InChI is InChI=1S/C12H18BrN/c1-9-6-11(13)5-4-10(9)7-12(2,3)8-14/h4-6H,7-8,14H2,1-3H3. The average Bonchev–Trinajstić information content (AvgIpc) is 2.10. The summed E-state index contributed by atoms with van der Waals surface area (Å²) in [6.07, 6.45) is 1.04. The summed E-state index contributed by atoms with van der Waals surface area (Å²) < 4.78 is 1.14. The van der Waals surface area contributed by atoms with Crippen LogP contribution in [0.3, 0.4) is 0 Å². The Kier molecular flexibility index (Phi) is 3.73. The van der Waals surface area contributed by atoms with Gasteiger partial charge in [-0.3, -0.25) is 0 Å². The SMILES string of the molecule is Cc1cc(Br)ccc1CC(C)(C)CN. The van der Waals surface area contributed by atoms with Gasteiger partial charge in [0.2, 0.25) is 0 Å². The summed E-state index contributed by atoms with van der Waals surface area (Å²) in [7, 11) is 0. The van der Waals surface area contributed by atoms with Crippen LogP contribution in [-0.2, 0) is 6.42 Å². The van der Waals surface area contributed by atoms with Crippen molar-refractivity contribution in [2.75, 3.05) is 6.54 Å². The largest absolute Gasteiger partial charge is 0.330 e. The van der Waals surface area contributed by atoms with Crippen LogP contribution >= 0.6 is 15.9 Å². The van der Waals surface area contributed by atoms with Gasteiger partial charge in [-0.15, -0.1) is 0 Å². The lowest BCUT2D eigenvalue weighted by Crippen LogP contribution is -2.26. The first-order valence-corrected chi connectivity index (χ1v) is 5.69. The van der Waals surface area contributed by atoms with Gasteiger partial charge in [0.1, 0.15) is 0 Å². The van der Waals surface area contributed by atoms with E-state index in [-0.39, 0.29) is 5.41 Å². The first-order chi connectivity index (χ1) is 6.44. The molecule has 0 radical (unpaired) electrons. The van der Waals surface area contributed by atoms with Crippen LogP contribution in [0.25, 0.3) is 0 Å². The summed E-state index contributed by atoms with van der Waals surface area (Å²) in [5.41, 5.74) is 8.64. The molecule has 0 aliphatic carbocycles. The summed E-state index contributed by atoms with van der Waals surface area (Å²) in [6.45, 7) is 7.28. The minimum Gasteiger partial charge on any atom is -0.330 e. The highest BCUT2D eigenvalue weighted by Gasteiger charge is 2.17. The number of benzene rings is 1. The molecule has 0 unspecified atom stereocenters. The lowest BCUT2D eigenvalue weighted by Gasteiger charge is -2.23. The normalized spacial score (nSPS) is 11.8. The van der Waals surface area contributed by atoms with E-state index in [9.17, 15) is 0 Å². The molecule has 0 aliphatic rings. The molecule has 14 heavy (non-hydrogen) atoms. The summed E-state index contributed by atoms with van der Waals surface area (Å²) >= 11 is 3.47. The van der Waals surface area contributed by atoms with Crippen LogP contribution < -0.4 is 5.73 Å². The number of aryl methyl sites for hydroxylation is 1. The third kappa shape index (κ3) is 3.10. The number of rotatable bonds is 3. The Hall–Kier alpha value is -0.340. The molecule has 1 rings (SSSR count). The van der Waals surface area contributed by atoms with Crippen molar-refractivity contribution in [3.05, 3.63) is 33.8 Å². The molecule has 2 heteroatoms. The Morgan fingerprint density at radius 3 is 2.50 bits per heavy atom. The molecule has 0 fully saturated rings. The number of nitrogens with two attached hydrogens (primary N) is 1. The Morgan fingerprint density at radius 2 is 2.00 bits per heavy atom. The van der Waals surface area contributed by atoms with Crippen molar-refractivity contribution < 1.29 is 0 Å². The fraction of sp³-hybridized carbons (Fsp3) is 0.500. The van der Waals surface area contributed by atoms with Crippen LogP contribution in [0.2, 0.25) is 0 Å². The fourth-order valence-corrected chi connectivity index (χ4v) is 1.92. The third-order valence-corrected chi connectivity index (χ3v) is 3.02. The van der Waals surface area contributed by atoms with E-state index < -0.39 is 0 Å². The van der Waals surface area contributed by atoms with Gasteiger partial charge in [-0.1, -0.05) is 35.8 Å². The zero-order chi connectivity index (χ0) is 10.8. The van der Waals surface area contributed by atoms with E-state index in [1.54, 1.807) is 0 Å². The van der Waals surface area contributed by atoms with Gasteiger partial charge in [0.15, 0.2) is 0 Å². The zero-order valence-corrected chi connectivity index (χ0v) is 10.7. The van der Waals surface area contributed by atoms with E-state index in [2.05, 4.69) is 54.9 Å². The van der Waals surface area contributed by atoms with E-state index in [1.165, 1.54) is 11.1 Å². The third-order valence-electron chi connectivity index (χ3n) is 2.53. The summed E-state index contributed by atoms with van der Waals surface area (Å²) in [5.74, 6) is 0. The van der Waals surface area contributed by atoms with E-state index >= 15 is 0 Å². The molecule has 78 valence electrons. The van der Waals surface area contributed by atoms with Crippen LogP contribution in [0.4, 0.5) is 0 Å². The predicted molar refractivity (Wildman–Crippen MR) is 65.4 cm³/mol. The van der Waals surface area contributed by atoms with Gasteiger partial charge >= 0.3 is 0 Å². The second-order valence-corrected chi connectivity index (χ2v) is 5.53. The lowest BCUT2D eigenvalue weighted by molar-refractivity contribution is 0.376. The molecule has 0 heterocycles. The molecule has 0 saturated heterocycles. The second kappa shape index (κ2) is 4.45. The first kappa shape index (κ1) is 11.7. The van der Waals surface area contributed by atoms with Crippen LogP contribution in [0.15, 0.2) is 22.7 Å². The van der Waals surface area contributed by atoms with Gasteiger partial charge in [-0.05, 0) is 48.6 Å². The summed E-state index contributed by atoms with van der Waals surface area (Å²) in [5, 5.41) is 0. The fourth-order valence-electron chi connectivity index (χ4n) is 1.45. The smallest absolute Gasteiger partial charge is 0.0178 e. The number of halogens is 1. The summed E-state index contributed by atoms with van der Waals surface area (Å²) in [4.78, 5) is 0. The number of hydrogen-bond donors (Lipinski definition) is 1. The minimum atomic E-state index is 0.193. The molecule has 0 bridgehead atoms. The van der Waals surface area contributed by atoms with Crippen molar-refractivity contribution in [1.29, 1.82) is 0 Å². The van der Waals surface area contributed by atoms with Gasteiger partial charge < -0.3 is 5.73 Å². The maximum Gasteiger partial charge on any atom is 0.0178 e. The van der Waals surface area contributed by atoms with Crippen molar-refractivity contribution >= 4 is 15.9 Å². The molecule has 1 aromatic carbocycles. The Bertz CT molecular complexity index is 318. The molecule has 1 nitrogen and oxygen atoms in total. The van der Waals surface area contributed by atoms with E-state index in [0.717, 1.165) is 17.4 Å². The average molecular weight is 256 g/mol. The molecular formula is C12H18BrN. The number of hydrogen-bond acceptors (Lipinski definition) is 1. The highest BCUT2D eigenvalue weighted by atomic mass is 79.9. The molecule has 0 amide bonds. The van der Waals surface area contributed by atoms with Crippen molar-refractivity contribution in [1.82, 2.24) is 0 Å². The van der Waals surface area contributed by atoms with Crippen LogP contribution in [-0.4, -0.2) is 6.54 Å². The quantitative estimate of drug-likeness (QED) is 0.882. The van der Waals surface area contributed by atoms with Gasteiger partial charge in [-0.25, -0.2) is 0 Å². The van der Waals surface area contributed by atoms with E-state index in [0.29, 0.717) is 0 Å². The highest BCUT2D eigenvalue weighted by molar-refractivity contribution is 9.10. The topological polar surface area (TPSA) is 26.0 Å². The molecule has 0 aliphatic heterocycles. The van der Waals surface area contributed by atoms with Crippen LogP contribution in [0, 0.1) is 12.3 Å². The first-order valence-electron chi connectivity index (χ1n) is 4.90. The van der Waals surface area contributed by atoms with Crippen LogP contribution in [0.5, 0.6) is 0 Å². The van der Waals surface area contributed by atoms with Gasteiger partial charge in [0, 0.05) is 4.47 Å². The lowest BCUT2D eigenvalue weighted by atomic mass is 9.84. The zero-order valence-electron chi connectivity index (χ0n) is 9.10. The summed E-state index contributed by atoms with van der Waals surface area (Å²) in [6, 6.07) is 6.42. The highest BCUT2D eigenvalue weighted by Crippen LogP contribution is 2.24. The monoisotopic (exact) mass is 255 g/mol. The Balaban J connectivity index is 2.87. The second-order valence-electron chi connectivity index (χ2n) is 4.62. The van der Waals surface area contributed by atoms with Gasteiger partial charge in [0.05, 0.1) is 0 Å². The Morgan fingerprint density at radius 1 is 1.36 bits per heavy atom. The molecule has 2 N–H and O–H groups in total. The minimum absolute atomic E-state index is 0.193. The van der Waals surface area contributed by atoms with Gasteiger partial charge in [-0.2, -0.15) is 0 Å². The van der Waals surface area contributed by atoms with Crippen molar-refractivity contribution in [3.63, 3.8) is 0 Å². The van der Waals surface area contributed by atoms with Crippen molar-refractivity contribution in [2.24, 2.45) is 11.1 Å². The molecule has 0 spiro atoms. The maximum absolute atomic E-state index is 5.72. The molecule has 0 atom stereocenters. The molecule has 0 saturated carbocycles. The molecular weight excluding hydrogens is 238 g/mol. The van der Waals surface area contributed by atoms with E-state index in [4.69, 9.17) is 5.73 Å². The maximum atomic E-state index is 5.72. The Labute approximate surface area is 94.8 Å².